The van der Waals surface area contributed by atoms with E-state index in [1.807, 2.05) is 0 Å². The van der Waals surface area contributed by atoms with Crippen LogP contribution in [0.15, 0.2) is 273 Å². The number of benzene rings is 14. The summed E-state index contributed by atoms with van der Waals surface area (Å²) in [7, 11) is 0. The van der Waals surface area contributed by atoms with Crippen LogP contribution >= 0.6 is 0 Å². The van der Waals surface area contributed by atoms with Crippen molar-refractivity contribution < 1.29 is 0 Å². The third-order valence-corrected chi connectivity index (χ3v) is 30.2. The fourth-order valence-electron chi connectivity index (χ4n) is 21.3. The molecule has 0 saturated heterocycles. The first-order valence-corrected chi connectivity index (χ1v) is 48.4. The molecule has 2 heteroatoms. The van der Waals surface area contributed by atoms with Crippen molar-refractivity contribution in [1.29, 1.82) is 0 Å². The zero-order valence-electron chi connectivity index (χ0n) is 85.4. The molecule has 0 spiro atoms. The molecule has 0 N–H and O–H groups in total. The lowest BCUT2D eigenvalue weighted by Crippen LogP contribution is -2.18. The van der Waals surface area contributed by atoms with Gasteiger partial charge in [-0.15, -0.1) is 0 Å². The molecule has 0 radical (unpaired) electrons. The molecule has 0 aliphatic heterocycles. The van der Waals surface area contributed by atoms with Gasteiger partial charge in [0.25, 0.3) is 0 Å². The van der Waals surface area contributed by atoms with Crippen LogP contribution in [-0.4, -0.2) is 0 Å². The molecule has 0 fully saturated rings. The van der Waals surface area contributed by atoms with Gasteiger partial charge in [0.05, 0.1) is 0 Å². The maximum absolute atomic E-state index is 2.51. The van der Waals surface area contributed by atoms with E-state index < -0.39 is 0 Å². The lowest BCUT2D eigenvalue weighted by Gasteiger charge is -2.30. The molecule has 2 nitrogen and oxygen atoms in total. The second kappa shape index (κ2) is 31.4. The number of hydrogen-bond donors (Lipinski definition) is 0. The number of rotatable bonds is 10. The van der Waals surface area contributed by atoms with E-state index in [2.05, 4.69) is 511 Å². The van der Waals surface area contributed by atoms with Crippen LogP contribution in [0.5, 0.6) is 0 Å². The summed E-state index contributed by atoms with van der Waals surface area (Å²) in [4.78, 5) is 4.95. The lowest BCUT2D eigenvalue weighted by atomic mass is 9.78. The van der Waals surface area contributed by atoms with Crippen LogP contribution in [-0.2, 0) is 65.0 Å². The minimum Gasteiger partial charge on any atom is -0.310 e. The molecular formula is C129H144N2. The average molecular weight is 1720 g/mol. The highest BCUT2D eigenvalue weighted by molar-refractivity contribution is 5.95. The van der Waals surface area contributed by atoms with Crippen LogP contribution < -0.4 is 9.80 Å². The standard InChI is InChI=1S/C65H73N.C64H71N/c1-40-54(41-18-30-50-52-32-24-45(62(8,9)10)36-58(52)64(14,15)56(50)34-41)38-49(66(47-26-20-43(21-27-47)60(2,3)4)48-28-22-44(23-29-48)61(5,6)7)39-55(40)42-19-31-51-53-33-25-46(63(11,12)13)37-59(53)65(16,17)57(51)35-42;1-59(2,3)44-19-25-48(26-20-44)65(49-27-21-45(22-28-49)60(4,5)6)50-34-42(40-17-29-51-53-31-23-46(61(7,8)9)38-57(53)63(13,14)55(51)36-40)33-43(35-50)41-18-30-52-54-32-24-47(62(10,11)12)39-58(54)64(15,16)56(52)37-41/h18-39H,1-17H3;17-39H,1-16H3. The highest BCUT2D eigenvalue weighted by Crippen LogP contribution is 2.58. The Hall–Kier alpha value is -11.3. The fraction of sp³-hybridized carbons (Fsp3) is 0.349. The topological polar surface area (TPSA) is 6.48 Å². The van der Waals surface area contributed by atoms with E-state index in [0.29, 0.717) is 0 Å². The number of nitrogens with zero attached hydrogens (tertiary/aromatic N) is 2. The van der Waals surface area contributed by atoms with Gasteiger partial charge in [-0.05, 0) is 337 Å². The van der Waals surface area contributed by atoms with Gasteiger partial charge < -0.3 is 9.80 Å². The minimum atomic E-state index is -0.140. The van der Waals surface area contributed by atoms with E-state index in [0.717, 1.165) is 34.1 Å². The van der Waals surface area contributed by atoms with Gasteiger partial charge in [-0.1, -0.05) is 391 Å². The van der Waals surface area contributed by atoms with E-state index in [9.17, 15) is 0 Å². The summed E-state index contributed by atoms with van der Waals surface area (Å²) in [5.74, 6) is 0. The predicted octanol–water partition coefficient (Wildman–Crippen LogP) is 36.9. The predicted molar refractivity (Wildman–Crippen MR) is 569 cm³/mol. The zero-order chi connectivity index (χ0) is 94.5. The summed E-state index contributed by atoms with van der Waals surface area (Å²) in [6.07, 6.45) is 0. The molecule has 131 heavy (non-hydrogen) atoms. The molecule has 0 unspecified atom stereocenters. The Balaban J connectivity index is 0.000000183. The van der Waals surface area contributed by atoms with Crippen molar-refractivity contribution in [2.24, 2.45) is 0 Å². The van der Waals surface area contributed by atoms with Gasteiger partial charge >= 0.3 is 0 Å². The van der Waals surface area contributed by atoms with Gasteiger partial charge in [-0.25, -0.2) is 0 Å². The Labute approximate surface area is 788 Å². The first-order chi connectivity index (χ1) is 60.9. The van der Waals surface area contributed by atoms with Gasteiger partial charge in [-0.3, -0.25) is 0 Å². The maximum Gasteiger partial charge on any atom is 0.0474 e. The molecule has 0 amide bonds. The SMILES string of the molecule is CC(C)(C)c1ccc(N(c2ccc(C(C)(C)C)cc2)c2cc(-c3ccc4c(c3)C(C)(C)c3cc(C(C)(C)C)ccc3-4)cc(-c3ccc4c(c3)C(C)(C)c3cc(C(C)(C)C)ccc3-4)c2)cc1.Cc1c(-c2ccc3c(c2)C(C)(C)c2cc(C(C)(C)C)ccc2-3)cc(N(c2ccc(C(C)(C)C)cc2)c2ccc(C(C)(C)C)cc2)cc1-c1ccc2c(c1)C(C)(C)c1cc(C(C)(C)C)ccc1-2. The second-order valence-corrected chi connectivity index (χ2v) is 49.4. The van der Waals surface area contributed by atoms with E-state index >= 15 is 0 Å². The Kier molecular flexibility index (Phi) is 22.0. The summed E-state index contributed by atoms with van der Waals surface area (Å²) in [5.41, 5.74) is 51.0. The third-order valence-electron chi connectivity index (χ3n) is 30.2. The lowest BCUT2D eigenvalue weighted by molar-refractivity contribution is 0.584. The summed E-state index contributed by atoms with van der Waals surface area (Å²) in [5, 5.41) is 0. The zero-order valence-corrected chi connectivity index (χ0v) is 85.4. The Morgan fingerprint density at radius 3 is 0.542 bits per heavy atom. The summed E-state index contributed by atoms with van der Waals surface area (Å²) < 4.78 is 0. The molecule has 4 aliphatic rings. The highest BCUT2D eigenvalue weighted by atomic mass is 15.1. The van der Waals surface area contributed by atoms with Crippen LogP contribution in [0.3, 0.4) is 0 Å². The van der Waals surface area contributed by atoms with Gasteiger partial charge in [0.1, 0.15) is 0 Å². The molecule has 4 aliphatic carbocycles. The normalized spacial score (nSPS) is 15.0. The van der Waals surface area contributed by atoms with Crippen LogP contribution in [0, 0.1) is 6.92 Å². The van der Waals surface area contributed by atoms with Gasteiger partial charge in [0.15, 0.2) is 0 Å². The van der Waals surface area contributed by atoms with Crippen molar-refractivity contribution in [3.05, 3.63) is 368 Å². The van der Waals surface area contributed by atoms with E-state index in [1.54, 1.807) is 0 Å². The second-order valence-electron chi connectivity index (χ2n) is 49.4. The number of anilines is 6. The third kappa shape index (κ3) is 16.5. The maximum atomic E-state index is 2.51. The Morgan fingerprint density at radius 1 is 0.153 bits per heavy atom. The van der Waals surface area contributed by atoms with Crippen molar-refractivity contribution >= 4 is 34.1 Å². The molecule has 0 heterocycles. The Bertz CT molecular complexity index is 6430. The average Bonchev–Trinajstić information content (AvgIpc) is 1.58. The summed E-state index contributed by atoms with van der Waals surface area (Å²) >= 11 is 0. The number of fused-ring (bicyclic) bond motifs is 12. The number of hydrogen-bond acceptors (Lipinski definition) is 2. The van der Waals surface area contributed by atoms with Crippen molar-refractivity contribution in [1.82, 2.24) is 0 Å². The van der Waals surface area contributed by atoms with Gasteiger partial charge in [0.2, 0.25) is 0 Å². The largest absolute Gasteiger partial charge is 0.310 e. The molecule has 0 saturated carbocycles. The van der Waals surface area contributed by atoms with Crippen molar-refractivity contribution in [3.8, 4) is 89.0 Å². The molecule has 0 aromatic heterocycles. The summed E-state index contributed by atoms with van der Waals surface area (Å²) in [6.45, 7) is 77.0. The van der Waals surface area contributed by atoms with Crippen LogP contribution in [0.4, 0.5) is 34.1 Å². The fourth-order valence-corrected chi connectivity index (χ4v) is 21.3. The van der Waals surface area contributed by atoms with Crippen LogP contribution in [0.25, 0.3) is 89.0 Å². The van der Waals surface area contributed by atoms with E-state index in [-0.39, 0.29) is 65.0 Å². The van der Waals surface area contributed by atoms with Gasteiger partial charge in [0, 0.05) is 55.8 Å². The summed E-state index contributed by atoms with van der Waals surface area (Å²) in [6, 6.07) is 107. The monoisotopic (exact) mass is 1720 g/mol. The molecular weight excluding hydrogens is 1580 g/mol. The minimum absolute atomic E-state index is 0.0482. The van der Waals surface area contributed by atoms with Crippen molar-refractivity contribution in [3.63, 3.8) is 0 Å². The smallest absolute Gasteiger partial charge is 0.0474 e. The molecule has 18 rings (SSSR count). The molecule has 670 valence electrons. The molecule has 14 aromatic rings. The van der Waals surface area contributed by atoms with Crippen LogP contribution in [0.1, 0.15) is 316 Å². The Morgan fingerprint density at radius 2 is 0.328 bits per heavy atom. The molecule has 0 atom stereocenters. The first kappa shape index (κ1) is 91.6. The molecule has 14 aromatic carbocycles. The van der Waals surface area contributed by atoms with E-state index in [1.165, 1.54) is 184 Å². The van der Waals surface area contributed by atoms with Crippen molar-refractivity contribution in [2.75, 3.05) is 9.80 Å². The molecule has 0 bridgehead atoms. The van der Waals surface area contributed by atoms with Gasteiger partial charge in [-0.2, -0.15) is 0 Å². The first-order valence-electron chi connectivity index (χ1n) is 48.4. The van der Waals surface area contributed by atoms with Crippen LogP contribution in [0.2, 0.25) is 0 Å². The quantitative estimate of drug-likeness (QED) is 0.135. The van der Waals surface area contributed by atoms with Crippen molar-refractivity contribution in [2.45, 2.75) is 293 Å². The highest BCUT2D eigenvalue weighted by Gasteiger charge is 2.43. The van der Waals surface area contributed by atoms with E-state index in [4.69, 9.17) is 0 Å².